The van der Waals surface area contributed by atoms with Crippen LogP contribution in [-0.4, -0.2) is 24.9 Å². The lowest BCUT2D eigenvalue weighted by Gasteiger charge is -2.16. The van der Waals surface area contributed by atoms with E-state index in [0.717, 1.165) is 11.3 Å². The molecule has 0 bridgehead atoms. The SMILES string of the molecule is CC(=O)N1CCc2cc(NC(=O)CNc3cc(C(F)(F)F)cc(C(F)(F)F)c3)ccc21. The molecule has 2 N–H and O–H groups in total. The molecule has 2 aromatic rings. The summed E-state index contributed by atoms with van der Waals surface area (Å²) in [7, 11) is 0. The number of nitrogens with zero attached hydrogens (tertiary/aromatic N) is 1. The van der Waals surface area contributed by atoms with E-state index in [1.54, 1.807) is 23.1 Å². The number of amides is 2. The molecule has 3 rings (SSSR count). The Labute approximate surface area is 173 Å². The zero-order valence-electron chi connectivity index (χ0n) is 16.1. The van der Waals surface area contributed by atoms with E-state index >= 15 is 0 Å². The van der Waals surface area contributed by atoms with Gasteiger partial charge in [0.25, 0.3) is 0 Å². The van der Waals surface area contributed by atoms with Crippen molar-refractivity contribution >= 4 is 28.9 Å². The second kappa shape index (κ2) is 8.12. The fourth-order valence-corrected chi connectivity index (χ4v) is 3.25. The maximum absolute atomic E-state index is 12.9. The molecular formula is C20H17F6N3O2. The van der Waals surface area contributed by atoms with Gasteiger partial charge in [0.2, 0.25) is 11.8 Å². The molecule has 31 heavy (non-hydrogen) atoms. The van der Waals surface area contributed by atoms with Gasteiger partial charge in [-0.2, -0.15) is 26.3 Å². The topological polar surface area (TPSA) is 61.4 Å². The van der Waals surface area contributed by atoms with Crippen LogP contribution < -0.4 is 15.5 Å². The van der Waals surface area contributed by atoms with Gasteiger partial charge in [0.15, 0.2) is 0 Å². The predicted octanol–water partition coefficient (Wildman–Crippen LogP) is 4.68. The van der Waals surface area contributed by atoms with Crippen molar-refractivity contribution in [2.45, 2.75) is 25.7 Å². The lowest BCUT2D eigenvalue weighted by atomic mass is 10.1. The third-order valence-corrected chi connectivity index (χ3v) is 4.68. The van der Waals surface area contributed by atoms with Gasteiger partial charge < -0.3 is 15.5 Å². The van der Waals surface area contributed by atoms with Crippen molar-refractivity contribution in [2.75, 3.05) is 28.6 Å². The maximum atomic E-state index is 12.9. The second-order valence-electron chi connectivity index (χ2n) is 6.96. The summed E-state index contributed by atoms with van der Waals surface area (Å²) in [5.74, 6) is -0.772. The van der Waals surface area contributed by atoms with Gasteiger partial charge in [-0.1, -0.05) is 0 Å². The zero-order chi connectivity index (χ0) is 23.0. The van der Waals surface area contributed by atoms with Gasteiger partial charge >= 0.3 is 12.4 Å². The molecule has 0 unspecified atom stereocenters. The highest BCUT2D eigenvalue weighted by Gasteiger charge is 2.37. The third kappa shape index (κ3) is 5.28. The smallest absolute Gasteiger partial charge is 0.376 e. The normalized spacial score (nSPS) is 13.7. The molecule has 5 nitrogen and oxygen atoms in total. The van der Waals surface area contributed by atoms with Crippen LogP contribution in [0.1, 0.15) is 23.6 Å². The molecule has 2 aromatic carbocycles. The molecule has 1 aliphatic heterocycles. The van der Waals surface area contributed by atoms with E-state index in [1.807, 2.05) is 0 Å². The second-order valence-corrected chi connectivity index (χ2v) is 6.96. The molecule has 1 heterocycles. The summed E-state index contributed by atoms with van der Waals surface area (Å²) in [6.45, 7) is 1.41. The number of rotatable bonds is 4. The molecule has 0 fully saturated rings. The summed E-state index contributed by atoms with van der Waals surface area (Å²) < 4.78 is 77.5. The maximum Gasteiger partial charge on any atom is 0.416 e. The number of carbonyl (C=O) groups excluding carboxylic acids is 2. The Hall–Kier alpha value is -3.24. The molecule has 0 aromatic heterocycles. The van der Waals surface area contributed by atoms with Crippen molar-refractivity contribution in [2.24, 2.45) is 0 Å². The number of fused-ring (bicyclic) bond motifs is 1. The molecule has 0 radical (unpaired) electrons. The molecule has 1 aliphatic rings. The van der Waals surface area contributed by atoms with Crippen LogP contribution in [0, 0.1) is 0 Å². The van der Waals surface area contributed by atoms with Crippen LogP contribution in [0.25, 0.3) is 0 Å². The fourth-order valence-electron chi connectivity index (χ4n) is 3.25. The van der Waals surface area contributed by atoms with Gasteiger partial charge in [0.1, 0.15) is 0 Å². The monoisotopic (exact) mass is 445 g/mol. The fraction of sp³-hybridized carbons (Fsp3) is 0.300. The number of anilines is 3. The van der Waals surface area contributed by atoms with Gasteiger partial charge in [0.05, 0.1) is 17.7 Å². The molecule has 166 valence electrons. The lowest BCUT2D eigenvalue weighted by molar-refractivity contribution is -0.143. The Morgan fingerprint density at radius 2 is 1.55 bits per heavy atom. The first-order chi connectivity index (χ1) is 14.3. The van der Waals surface area contributed by atoms with Crippen LogP contribution in [0.2, 0.25) is 0 Å². The molecule has 0 aliphatic carbocycles. The number of hydrogen-bond acceptors (Lipinski definition) is 3. The van der Waals surface area contributed by atoms with E-state index in [1.165, 1.54) is 6.92 Å². The van der Waals surface area contributed by atoms with E-state index in [2.05, 4.69) is 10.6 Å². The van der Waals surface area contributed by atoms with E-state index in [0.29, 0.717) is 30.8 Å². The van der Waals surface area contributed by atoms with Crippen molar-refractivity contribution < 1.29 is 35.9 Å². The zero-order valence-corrected chi connectivity index (χ0v) is 16.1. The van der Waals surface area contributed by atoms with Crippen molar-refractivity contribution in [3.05, 3.63) is 53.1 Å². The Balaban J connectivity index is 1.69. The first-order valence-corrected chi connectivity index (χ1v) is 9.09. The molecule has 0 atom stereocenters. The molecular weight excluding hydrogens is 428 g/mol. The predicted molar refractivity (Wildman–Crippen MR) is 102 cm³/mol. The van der Waals surface area contributed by atoms with Crippen LogP contribution in [-0.2, 0) is 28.4 Å². The molecule has 2 amide bonds. The van der Waals surface area contributed by atoms with E-state index in [9.17, 15) is 35.9 Å². The standard InChI is InChI=1S/C20H17F6N3O2/c1-11(30)29-5-4-12-6-15(2-3-17(12)29)28-18(31)10-27-16-8-13(19(21,22)23)7-14(9-16)20(24,25)26/h2-3,6-9,27H,4-5,10H2,1H3,(H,28,31). The largest absolute Gasteiger partial charge is 0.416 e. The van der Waals surface area contributed by atoms with Crippen molar-refractivity contribution in [1.82, 2.24) is 0 Å². The number of nitrogens with one attached hydrogen (secondary N) is 2. The Kier molecular flexibility index (Phi) is 5.88. The molecule has 0 saturated heterocycles. The minimum atomic E-state index is -4.97. The highest BCUT2D eigenvalue weighted by atomic mass is 19.4. The Bertz CT molecular complexity index is 985. The summed E-state index contributed by atoms with van der Waals surface area (Å²) in [6.07, 6.45) is -9.35. The van der Waals surface area contributed by atoms with Gasteiger partial charge in [-0.3, -0.25) is 9.59 Å². The quantitative estimate of drug-likeness (QED) is 0.672. The molecule has 0 spiro atoms. The summed E-state index contributed by atoms with van der Waals surface area (Å²) in [4.78, 5) is 25.3. The average Bonchev–Trinajstić information content (AvgIpc) is 3.08. The highest BCUT2D eigenvalue weighted by molar-refractivity contribution is 5.96. The van der Waals surface area contributed by atoms with Crippen molar-refractivity contribution in [3.63, 3.8) is 0 Å². The molecule has 11 heteroatoms. The van der Waals surface area contributed by atoms with Crippen LogP contribution >= 0.6 is 0 Å². The third-order valence-electron chi connectivity index (χ3n) is 4.68. The van der Waals surface area contributed by atoms with E-state index < -0.39 is 41.6 Å². The number of benzene rings is 2. The van der Waals surface area contributed by atoms with Gasteiger partial charge in [0, 0.05) is 30.5 Å². The first kappa shape index (κ1) is 22.4. The number of halogens is 6. The van der Waals surface area contributed by atoms with Crippen LogP contribution in [0.3, 0.4) is 0 Å². The van der Waals surface area contributed by atoms with E-state index in [4.69, 9.17) is 0 Å². The Morgan fingerprint density at radius 3 is 2.10 bits per heavy atom. The summed E-state index contributed by atoms with van der Waals surface area (Å²) in [5.41, 5.74) is -1.46. The van der Waals surface area contributed by atoms with Crippen molar-refractivity contribution in [1.29, 1.82) is 0 Å². The number of hydrogen-bond donors (Lipinski definition) is 2. The first-order valence-electron chi connectivity index (χ1n) is 9.09. The molecule has 0 saturated carbocycles. The summed E-state index contributed by atoms with van der Waals surface area (Å²) in [5, 5.41) is 4.83. The van der Waals surface area contributed by atoms with E-state index in [-0.39, 0.29) is 12.0 Å². The van der Waals surface area contributed by atoms with Crippen LogP contribution in [0.5, 0.6) is 0 Å². The van der Waals surface area contributed by atoms with Gasteiger partial charge in [-0.15, -0.1) is 0 Å². The minimum absolute atomic E-state index is 0.0140. The average molecular weight is 445 g/mol. The van der Waals surface area contributed by atoms with Gasteiger partial charge in [-0.05, 0) is 48.4 Å². The highest BCUT2D eigenvalue weighted by Crippen LogP contribution is 2.37. The van der Waals surface area contributed by atoms with Crippen molar-refractivity contribution in [3.8, 4) is 0 Å². The number of carbonyl (C=O) groups is 2. The van der Waals surface area contributed by atoms with Gasteiger partial charge in [-0.25, -0.2) is 0 Å². The van der Waals surface area contributed by atoms with Crippen LogP contribution in [0.4, 0.5) is 43.4 Å². The van der Waals surface area contributed by atoms with Crippen LogP contribution in [0.15, 0.2) is 36.4 Å². The summed E-state index contributed by atoms with van der Waals surface area (Å²) >= 11 is 0. The number of alkyl halides is 6. The lowest BCUT2D eigenvalue weighted by Crippen LogP contribution is -2.25. The summed E-state index contributed by atoms with van der Waals surface area (Å²) in [6, 6.07) is 5.92. The Morgan fingerprint density at radius 1 is 0.935 bits per heavy atom. The minimum Gasteiger partial charge on any atom is -0.376 e.